The maximum absolute atomic E-state index is 2.46. The second kappa shape index (κ2) is 10.6. The van der Waals surface area contributed by atoms with E-state index in [1.807, 2.05) is 11.3 Å². The molecular weight excluding hydrogens is 623 g/mol. The van der Waals surface area contributed by atoms with Crippen LogP contribution in [0.5, 0.6) is 0 Å². The van der Waals surface area contributed by atoms with E-state index in [0.717, 1.165) is 0 Å². The highest BCUT2D eigenvalue weighted by molar-refractivity contribution is 7.25. The van der Waals surface area contributed by atoms with Gasteiger partial charge in [-0.2, -0.15) is 0 Å². The van der Waals surface area contributed by atoms with Crippen molar-refractivity contribution in [2.45, 2.75) is 0 Å². The lowest BCUT2D eigenvalue weighted by molar-refractivity contribution is 1.18. The number of benzene rings is 9. The van der Waals surface area contributed by atoms with Crippen molar-refractivity contribution in [3.05, 3.63) is 176 Å². The van der Waals surface area contributed by atoms with Crippen LogP contribution in [0.1, 0.15) is 0 Å². The Balaban J connectivity index is 1.32. The minimum absolute atomic E-state index is 1.17. The van der Waals surface area contributed by atoms with Crippen molar-refractivity contribution in [2.75, 3.05) is 0 Å². The summed E-state index contributed by atoms with van der Waals surface area (Å²) in [7, 11) is 0. The molecule has 2 heterocycles. The summed E-state index contributed by atoms with van der Waals surface area (Å²) in [6.45, 7) is 0. The molecule has 50 heavy (non-hydrogen) atoms. The van der Waals surface area contributed by atoms with Crippen LogP contribution < -0.4 is 0 Å². The lowest BCUT2D eigenvalue weighted by Crippen LogP contribution is -1.93. The van der Waals surface area contributed by atoms with Crippen LogP contribution in [0.4, 0.5) is 0 Å². The van der Waals surface area contributed by atoms with Gasteiger partial charge in [0.15, 0.2) is 0 Å². The summed E-state index contributed by atoms with van der Waals surface area (Å²) in [5, 5.41) is 12.9. The fraction of sp³-hybridized carbons (Fsp3) is 0. The summed E-state index contributed by atoms with van der Waals surface area (Å²) in [5.74, 6) is 0. The molecule has 0 aliphatic rings. The van der Waals surface area contributed by atoms with Crippen molar-refractivity contribution < 1.29 is 0 Å². The number of hydrogen-bond donors (Lipinski definition) is 0. The third-order valence-electron chi connectivity index (χ3n) is 10.5. The molecule has 0 saturated carbocycles. The van der Waals surface area contributed by atoms with Crippen molar-refractivity contribution >= 4 is 85.6 Å². The van der Waals surface area contributed by atoms with Gasteiger partial charge in [-0.05, 0) is 103 Å². The summed E-state index contributed by atoms with van der Waals surface area (Å²) in [5.41, 5.74) is 8.58. The van der Waals surface area contributed by atoms with Gasteiger partial charge in [-0.3, -0.25) is 0 Å². The normalized spacial score (nSPS) is 12.0. The maximum atomic E-state index is 2.46. The molecule has 0 aliphatic heterocycles. The van der Waals surface area contributed by atoms with Crippen molar-refractivity contribution in [1.82, 2.24) is 4.57 Å². The molecule has 1 nitrogen and oxygen atoms in total. The molecule has 0 atom stereocenters. The van der Waals surface area contributed by atoms with Crippen LogP contribution >= 0.6 is 11.3 Å². The molecule has 9 aromatic carbocycles. The molecule has 11 aromatic rings. The van der Waals surface area contributed by atoms with Crippen LogP contribution in [0.2, 0.25) is 0 Å². The van der Waals surface area contributed by atoms with Crippen LogP contribution in [0, 0.1) is 0 Å². The average molecular weight is 652 g/mol. The maximum Gasteiger partial charge on any atom is 0.0548 e. The smallest absolute Gasteiger partial charge is 0.0548 e. The zero-order valence-corrected chi connectivity index (χ0v) is 27.9. The summed E-state index contributed by atoms with van der Waals surface area (Å²) < 4.78 is 5.11. The first kappa shape index (κ1) is 27.7. The molecule has 2 heteroatoms. The lowest BCUT2D eigenvalue weighted by Gasteiger charge is -2.17. The Morgan fingerprint density at radius 3 is 1.74 bits per heavy atom. The highest BCUT2D eigenvalue weighted by atomic mass is 32.1. The number of hydrogen-bond acceptors (Lipinski definition) is 1. The molecule has 11 rings (SSSR count). The Bertz CT molecular complexity index is 3130. The number of rotatable bonds is 3. The molecule has 0 unspecified atom stereocenters. The van der Waals surface area contributed by atoms with E-state index in [9.17, 15) is 0 Å². The molecule has 0 radical (unpaired) electrons. The standard InChI is InChI=1S/C48H29NS/c1-3-14-30(15-4-1)39-26-31(27-41-36-20-8-7-18-34(36)35-19-9-10-22-38(35)47(39)41)33-23-13-24-43-48(33)42-29-46-40(37-21-11-12-25-45(37)50-46)28-44(42)49(43)32-16-5-2-6-17-32/h1-29H. The molecule has 232 valence electrons. The summed E-state index contributed by atoms with van der Waals surface area (Å²) in [6.07, 6.45) is 0. The predicted octanol–water partition coefficient (Wildman–Crippen LogP) is 13.9. The molecule has 0 saturated heterocycles. The number of fused-ring (bicyclic) bond motifs is 12. The first-order valence-corrected chi connectivity index (χ1v) is 18.0. The zero-order valence-electron chi connectivity index (χ0n) is 27.1. The zero-order chi connectivity index (χ0) is 32.8. The second-order valence-corrected chi connectivity index (χ2v) is 14.3. The summed E-state index contributed by atoms with van der Waals surface area (Å²) >= 11 is 1.89. The van der Waals surface area contributed by atoms with Gasteiger partial charge in [0, 0.05) is 36.6 Å². The molecule has 0 N–H and O–H groups in total. The summed E-state index contributed by atoms with van der Waals surface area (Å²) in [4.78, 5) is 0. The van der Waals surface area contributed by atoms with Gasteiger partial charge in [-0.1, -0.05) is 127 Å². The molecule has 0 aliphatic carbocycles. The van der Waals surface area contributed by atoms with Gasteiger partial charge in [-0.25, -0.2) is 0 Å². The van der Waals surface area contributed by atoms with E-state index in [2.05, 4.69) is 180 Å². The van der Waals surface area contributed by atoms with Gasteiger partial charge < -0.3 is 4.57 Å². The quantitative estimate of drug-likeness (QED) is 0.168. The van der Waals surface area contributed by atoms with E-state index < -0.39 is 0 Å². The molecule has 0 fully saturated rings. The van der Waals surface area contributed by atoms with E-state index in [0.29, 0.717) is 0 Å². The second-order valence-electron chi connectivity index (χ2n) is 13.2. The van der Waals surface area contributed by atoms with Gasteiger partial charge >= 0.3 is 0 Å². The predicted molar refractivity (Wildman–Crippen MR) is 217 cm³/mol. The van der Waals surface area contributed by atoms with Crippen molar-refractivity contribution in [3.8, 4) is 27.9 Å². The van der Waals surface area contributed by atoms with Crippen LogP contribution in [0.15, 0.2) is 176 Å². The Labute approximate surface area is 292 Å². The Kier molecular flexibility index (Phi) is 5.89. The number of thiophene rings is 1. The van der Waals surface area contributed by atoms with Gasteiger partial charge in [0.1, 0.15) is 0 Å². The SMILES string of the molecule is c1ccc(-c2cc(-c3cccc4c3c3cc5sc6ccccc6c5cc3n4-c3ccccc3)cc3c4ccccc4c4ccccc4c23)cc1. The topological polar surface area (TPSA) is 4.93 Å². The van der Waals surface area contributed by atoms with Gasteiger partial charge in [-0.15, -0.1) is 11.3 Å². The monoisotopic (exact) mass is 651 g/mol. The highest BCUT2D eigenvalue weighted by Crippen LogP contribution is 2.47. The van der Waals surface area contributed by atoms with Gasteiger partial charge in [0.25, 0.3) is 0 Å². The minimum atomic E-state index is 1.17. The van der Waals surface area contributed by atoms with E-state index in [4.69, 9.17) is 0 Å². The molecule has 0 bridgehead atoms. The fourth-order valence-electron chi connectivity index (χ4n) is 8.41. The average Bonchev–Trinajstić information content (AvgIpc) is 3.72. The Morgan fingerprint density at radius 2 is 0.960 bits per heavy atom. The number of para-hydroxylation sites is 1. The van der Waals surface area contributed by atoms with Crippen LogP contribution in [-0.2, 0) is 0 Å². The molecule has 0 spiro atoms. The number of nitrogens with zero attached hydrogens (tertiary/aromatic N) is 1. The third-order valence-corrected chi connectivity index (χ3v) is 11.7. The Morgan fingerprint density at radius 1 is 0.320 bits per heavy atom. The van der Waals surface area contributed by atoms with Crippen molar-refractivity contribution in [1.29, 1.82) is 0 Å². The highest BCUT2D eigenvalue weighted by Gasteiger charge is 2.21. The van der Waals surface area contributed by atoms with Crippen molar-refractivity contribution in [2.24, 2.45) is 0 Å². The van der Waals surface area contributed by atoms with E-state index in [1.54, 1.807) is 0 Å². The lowest BCUT2D eigenvalue weighted by atomic mass is 9.86. The first-order chi connectivity index (χ1) is 24.8. The largest absolute Gasteiger partial charge is 0.309 e. The van der Waals surface area contributed by atoms with Crippen molar-refractivity contribution in [3.63, 3.8) is 0 Å². The summed E-state index contributed by atoms with van der Waals surface area (Å²) in [6, 6.07) is 65.0. The molecule has 0 amide bonds. The Hall–Kier alpha value is -6.22. The molecule has 2 aromatic heterocycles. The van der Waals surface area contributed by atoms with E-state index in [-0.39, 0.29) is 0 Å². The van der Waals surface area contributed by atoms with E-state index in [1.165, 1.54) is 102 Å². The fourth-order valence-corrected chi connectivity index (χ4v) is 9.54. The molecular formula is C48H29NS. The minimum Gasteiger partial charge on any atom is -0.309 e. The third kappa shape index (κ3) is 3.94. The number of aromatic nitrogens is 1. The van der Waals surface area contributed by atoms with Crippen LogP contribution in [0.25, 0.3) is 102 Å². The van der Waals surface area contributed by atoms with Gasteiger partial charge in [0.05, 0.1) is 11.0 Å². The van der Waals surface area contributed by atoms with Gasteiger partial charge in [0.2, 0.25) is 0 Å². The van der Waals surface area contributed by atoms with E-state index >= 15 is 0 Å². The van der Waals surface area contributed by atoms with Crippen LogP contribution in [-0.4, -0.2) is 4.57 Å². The van der Waals surface area contributed by atoms with Crippen LogP contribution in [0.3, 0.4) is 0 Å². The first-order valence-electron chi connectivity index (χ1n) is 17.2.